The number of nitrogens with one attached hydrogen (secondary N) is 1. The summed E-state index contributed by atoms with van der Waals surface area (Å²) in [4.78, 5) is 21.5. The molecule has 0 aliphatic carbocycles. The van der Waals surface area contributed by atoms with Gasteiger partial charge in [0.25, 0.3) is 15.9 Å². The smallest absolute Gasteiger partial charge is 0.262 e. The van der Waals surface area contributed by atoms with Gasteiger partial charge in [-0.05, 0) is 68.4 Å². The summed E-state index contributed by atoms with van der Waals surface area (Å²) in [5.41, 5.74) is 8.81. The minimum Gasteiger partial charge on any atom is -0.399 e. The van der Waals surface area contributed by atoms with Gasteiger partial charge in [-0.2, -0.15) is 0 Å². The number of amides is 1. The van der Waals surface area contributed by atoms with Crippen molar-refractivity contribution in [2.45, 2.75) is 30.8 Å². The summed E-state index contributed by atoms with van der Waals surface area (Å²) < 4.78 is 71.7. The van der Waals surface area contributed by atoms with E-state index in [9.17, 15) is 26.4 Å². The van der Waals surface area contributed by atoms with Crippen LogP contribution in [0, 0.1) is 17.5 Å². The fourth-order valence-electron chi connectivity index (χ4n) is 6.07. The third-order valence-electron chi connectivity index (χ3n) is 8.58. The number of aromatic nitrogens is 1. The van der Waals surface area contributed by atoms with E-state index >= 15 is 0 Å². The summed E-state index contributed by atoms with van der Waals surface area (Å²) in [6.45, 7) is 4.68. The maximum absolute atomic E-state index is 14.4. The molecule has 6 rings (SSSR count). The number of hydrogen-bond donors (Lipinski definition) is 2. The van der Waals surface area contributed by atoms with E-state index in [1.807, 2.05) is 36.1 Å². The van der Waals surface area contributed by atoms with Crippen molar-refractivity contribution in [3.63, 3.8) is 0 Å². The summed E-state index contributed by atoms with van der Waals surface area (Å²) >= 11 is 0. The first-order valence-corrected chi connectivity index (χ1v) is 16.5. The number of nitrogens with zero attached hydrogens (tertiary/aromatic N) is 3. The van der Waals surface area contributed by atoms with Crippen molar-refractivity contribution >= 4 is 38.2 Å². The highest BCUT2D eigenvalue weighted by Crippen LogP contribution is 2.35. The van der Waals surface area contributed by atoms with Gasteiger partial charge in [-0.1, -0.05) is 30.3 Å². The molecule has 12 heteroatoms. The number of anilines is 2. The molecule has 4 aromatic carbocycles. The van der Waals surface area contributed by atoms with Crippen LogP contribution in [0.15, 0.2) is 96.0 Å². The highest BCUT2D eigenvalue weighted by atomic mass is 32.2. The van der Waals surface area contributed by atoms with Gasteiger partial charge in [0.05, 0.1) is 10.4 Å². The van der Waals surface area contributed by atoms with E-state index in [-0.39, 0.29) is 28.1 Å². The first-order chi connectivity index (χ1) is 22.4. The summed E-state index contributed by atoms with van der Waals surface area (Å²) in [5.74, 6) is -4.20. The average molecular weight is 660 g/mol. The number of benzene rings is 4. The Balaban J connectivity index is 1.17. The first kappa shape index (κ1) is 32.0. The van der Waals surface area contributed by atoms with Crippen LogP contribution in [0.5, 0.6) is 0 Å². The van der Waals surface area contributed by atoms with Crippen LogP contribution < -0.4 is 10.5 Å². The largest absolute Gasteiger partial charge is 0.399 e. The van der Waals surface area contributed by atoms with Crippen LogP contribution in [0.1, 0.15) is 35.8 Å². The van der Waals surface area contributed by atoms with Gasteiger partial charge < -0.3 is 10.6 Å². The number of rotatable bonds is 7. The van der Waals surface area contributed by atoms with Crippen molar-refractivity contribution in [3.05, 3.63) is 120 Å². The maximum atomic E-state index is 14.4. The fourth-order valence-corrected chi connectivity index (χ4v) is 7.33. The Morgan fingerprint density at radius 2 is 1.68 bits per heavy atom. The maximum Gasteiger partial charge on any atom is 0.262 e. The van der Waals surface area contributed by atoms with Gasteiger partial charge in [-0.3, -0.25) is 19.4 Å². The Labute approximate surface area is 270 Å². The number of nitrogens with two attached hydrogens (primary N) is 1. The molecule has 0 spiro atoms. The van der Waals surface area contributed by atoms with Crippen LogP contribution in [0.25, 0.3) is 22.0 Å². The predicted octanol–water partition coefficient (Wildman–Crippen LogP) is 6.61. The van der Waals surface area contributed by atoms with Crippen molar-refractivity contribution in [2.24, 2.45) is 0 Å². The minimum atomic E-state index is -4.09. The molecular weight excluding hydrogens is 627 g/mol. The number of carbonyl (C=O) groups is 1. The molecule has 5 aromatic rings. The van der Waals surface area contributed by atoms with Gasteiger partial charge in [0.2, 0.25) is 0 Å². The molecule has 8 nitrogen and oxygen atoms in total. The van der Waals surface area contributed by atoms with Gasteiger partial charge in [0.1, 0.15) is 0 Å². The quantitative estimate of drug-likeness (QED) is 0.150. The zero-order valence-electron chi connectivity index (χ0n) is 25.6. The van der Waals surface area contributed by atoms with Crippen LogP contribution in [-0.4, -0.2) is 54.8 Å². The average Bonchev–Trinajstić information content (AvgIpc) is 3.06. The van der Waals surface area contributed by atoms with Crippen molar-refractivity contribution in [1.29, 1.82) is 0 Å². The number of sulfonamides is 1. The number of halogens is 3. The second-order valence-electron chi connectivity index (χ2n) is 11.6. The van der Waals surface area contributed by atoms with E-state index in [1.54, 1.807) is 42.3 Å². The van der Waals surface area contributed by atoms with E-state index < -0.39 is 33.5 Å². The zero-order chi connectivity index (χ0) is 33.5. The molecule has 1 saturated heterocycles. The molecule has 1 aromatic heterocycles. The van der Waals surface area contributed by atoms with Crippen molar-refractivity contribution in [2.75, 3.05) is 30.1 Å². The molecule has 1 aliphatic rings. The SMILES string of the molecule is CC(c1ccc(F)c(F)c1F)N1CCN(C(=O)c2ccc(NS(=O)(=O)c3ccc(N)cc3-c3cccc4cccnc34)cc2)[C@H](C)C1. The highest BCUT2D eigenvalue weighted by molar-refractivity contribution is 7.92. The molecule has 1 unspecified atom stereocenters. The molecule has 1 fully saturated rings. The van der Waals surface area contributed by atoms with Gasteiger partial charge in [0.15, 0.2) is 17.5 Å². The Bertz CT molecular complexity index is 2090. The number of pyridine rings is 1. The van der Waals surface area contributed by atoms with Gasteiger partial charge in [0, 0.05) is 76.9 Å². The lowest BCUT2D eigenvalue weighted by Crippen LogP contribution is -2.54. The third-order valence-corrected chi connectivity index (χ3v) is 10.0. The van der Waals surface area contributed by atoms with E-state index in [1.165, 1.54) is 30.3 Å². The first-order valence-electron chi connectivity index (χ1n) is 15.0. The zero-order valence-corrected chi connectivity index (χ0v) is 26.4. The van der Waals surface area contributed by atoms with Gasteiger partial charge in [-0.25, -0.2) is 21.6 Å². The molecular formula is C35H32F3N5O3S. The topological polar surface area (TPSA) is 109 Å². The second kappa shape index (κ2) is 12.7. The normalized spacial score (nSPS) is 16.3. The molecule has 0 radical (unpaired) electrons. The molecule has 47 heavy (non-hydrogen) atoms. The Kier molecular flexibility index (Phi) is 8.64. The number of piperazine rings is 1. The van der Waals surface area contributed by atoms with Crippen molar-refractivity contribution < 1.29 is 26.4 Å². The van der Waals surface area contributed by atoms with Crippen LogP contribution in [-0.2, 0) is 10.0 Å². The number of hydrogen-bond acceptors (Lipinski definition) is 6. The molecule has 242 valence electrons. The number of fused-ring (bicyclic) bond motifs is 1. The van der Waals surface area contributed by atoms with Crippen LogP contribution >= 0.6 is 0 Å². The summed E-state index contributed by atoms with van der Waals surface area (Å²) in [6, 6.07) is 21.3. The lowest BCUT2D eigenvalue weighted by molar-refractivity contribution is 0.0401. The van der Waals surface area contributed by atoms with Crippen LogP contribution in [0.2, 0.25) is 0 Å². The molecule has 3 N–H and O–H groups in total. The summed E-state index contributed by atoms with van der Waals surface area (Å²) in [5, 5.41) is 0.853. The van der Waals surface area contributed by atoms with Gasteiger partial charge >= 0.3 is 0 Å². The Hall–Kier alpha value is -4.94. The summed E-state index contributed by atoms with van der Waals surface area (Å²) in [6.07, 6.45) is 1.64. The molecule has 1 aliphatic heterocycles. The molecule has 2 atom stereocenters. The lowest BCUT2D eigenvalue weighted by atomic mass is 10.0. The van der Waals surface area contributed by atoms with Crippen LogP contribution in [0.4, 0.5) is 24.5 Å². The number of carbonyl (C=O) groups excluding carboxylic acids is 1. The standard InChI is InChI=1S/C35H32F3N5O3S/c1-21-20-42(22(2)27-13-14-30(36)33(38)32(27)37)17-18-43(21)35(44)24-8-11-26(12-9-24)41-47(45,46)31-15-10-25(39)19-29(31)28-7-3-5-23-6-4-16-40-34(23)28/h3-16,19,21-22,41H,17-18,20,39H2,1-2H3/t21-,22?/m1/s1. The van der Waals surface area contributed by atoms with Crippen LogP contribution in [0.3, 0.4) is 0 Å². The lowest BCUT2D eigenvalue weighted by Gasteiger charge is -2.42. The molecule has 2 heterocycles. The minimum absolute atomic E-state index is 0.0224. The van der Waals surface area contributed by atoms with Crippen molar-refractivity contribution in [3.8, 4) is 11.1 Å². The van der Waals surface area contributed by atoms with E-state index in [0.29, 0.717) is 47.5 Å². The third kappa shape index (κ3) is 6.26. The van der Waals surface area contributed by atoms with E-state index in [0.717, 1.165) is 11.5 Å². The second-order valence-corrected chi connectivity index (χ2v) is 13.3. The predicted molar refractivity (Wildman–Crippen MR) is 176 cm³/mol. The summed E-state index contributed by atoms with van der Waals surface area (Å²) in [7, 11) is -4.09. The Morgan fingerprint density at radius 1 is 0.936 bits per heavy atom. The number of nitrogen functional groups attached to an aromatic ring is 1. The Morgan fingerprint density at radius 3 is 2.43 bits per heavy atom. The number of para-hydroxylation sites is 1. The molecule has 1 amide bonds. The fraction of sp³-hybridized carbons (Fsp3) is 0.200. The molecule has 0 saturated carbocycles. The van der Waals surface area contributed by atoms with Crippen molar-refractivity contribution in [1.82, 2.24) is 14.8 Å². The van der Waals surface area contributed by atoms with E-state index in [4.69, 9.17) is 5.73 Å². The highest BCUT2D eigenvalue weighted by Gasteiger charge is 2.32. The van der Waals surface area contributed by atoms with Gasteiger partial charge in [-0.15, -0.1) is 0 Å². The van der Waals surface area contributed by atoms with E-state index in [2.05, 4.69) is 9.71 Å². The molecule has 0 bridgehead atoms. The monoisotopic (exact) mass is 659 g/mol.